The molecule has 1 saturated carbocycles. The predicted molar refractivity (Wildman–Crippen MR) is 104 cm³/mol. The summed E-state index contributed by atoms with van der Waals surface area (Å²) in [5.41, 5.74) is 3.96. The average Bonchev–Trinajstić information content (AvgIpc) is 3.26. The summed E-state index contributed by atoms with van der Waals surface area (Å²) in [7, 11) is 0. The van der Waals surface area contributed by atoms with Crippen molar-refractivity contribution in [2.75, 3.05) is 5.32 Å². The number of nitrogens with one attached hydrogen (secondary N) is 2. The molecule has 1 amide bonds. The highest BCUT2D eigenvalue weighted by Gasteiger charge is 2.30. The molecule has 0 atom stereocenters. The van der Waals surface area contributed by atoms with Crippen molar-refractivity contribution in [1.82, 2.24) is 19.7 Å². The maximum absolute atomic E-state index is 12.1. The Labute approximate surface area is 156 Å². The van der Waals surface area contributed by atoms with E-state index in [0.717, 1.165) is 35.0 Å². The Hall–Kier alpha value is -3.41. The molecule has 0 aliphatic heterocycles. The number of fused-ring (bicyclic) bond motifs is 1. The van der Waals surface area contributed by atoms with Crippen LogP contribution < -0.4 is 5.32 Å². The Bertz CT molecular complexity index is 1110. The van der Waals surface area contributed by atoms with Gasteiger partial charge in [0.05, 0.1) is 12.7 Å². The van der Waals surface area contributed by atoms with Crippen molar-refractivity contribution in [2.45, 2.75) is 19.4 Å². The molecule has 0 radical (unpaired) electrons. The quantitative estimate of drug-likeness (QED) is 0.570. The molecule has 3 aromatic heterocycles. The Morgan fingerprint density at radius 2 is 2.07 bits per heavy atom. The average molecular weight is 357 g/mol. The van der Waals surface area contributed by atoms with Crippen molar-refractivity contribution >= 4 is 22.8 Å². The zero-order valence-electron chi connectivity index (χ0n) is 14.7. The van der Waals surface area contributed by atoms with Gasteiger partial charge in [0.2, 0.25) is 5.91 Å². The summed E-state index contributed by atoms with van der Waals surface area (Å²) in [6, 6.07) is 14.2. The van der Waals surface area contributed by atoms with Crippen molar-refractivity contribution in [3.63, 3.8) is 0 Å². The summed E-state index contributed by atoms with van der Waals surface area (Å²) in [6.07, 6.45) is 7.69. The van der Waals surface area contributed by atoms with Crippen molar-refractivity contribution in [3.8, 4) is 11.1 Å². The van der Waals surface area contributed by atoms with E-state index in [4.69, 9.17) is 0 Å². The maximum Gasteiger partial charge on any atom is 0.228 e. The minimum Gasteiger partial charge on any atom is -0.346 e. The summed E-state index contributed by atoms with van der Waals surface area (Å²) >= 11 is 0. The SMILES string of the molecule is O=C(Nc1cc(-c2cnn(Cc3ccccc3)c2)c2cc[nH]c2n1)C1CC1. The standard InChI is InChI=1S/C21H19N5O/c27-21(15-6-7-15)25-19-10-18(17-8-9-22-20(17)24-19)16-11-23-26(13-16)12-14-4-2-1-3-5-14/h1-5,8-11,13,15H,6-7,12H2,(H2,22,24,25,27). The first kappa shape index (κ1) is 15.8. The molecule has 0 saturated heterocycles. The molecular formula is C21H19N5O. The molecule has 0 unspecified atom stereocenters. The molecule has 5 rings (SSSR count). The molecule has 0 spiro atoms. The fourth-order valence-electron chi connectivity index (χ4n) is 3.27. The van der Waals surface area contributed by atoms with E-state index in [1.165, 1.54) is 5.56 Å². The van der Waals surface area contributed by atoms with Gasteiger partial charge in [-0.15, -0.1) is 0 Å². The Morgan fingerprint density at radius 1 is 1.22 bits per heavy atom. The van der Waals surface area contributed by atoms with E-state index in [1.54, 1.807) is 0 Å². The van der Waals surface area contributed by atoms with Crippen LogP contribution in [0.5, 0.6) is 0 Å². The second-order valence-electron chi connectivity index (χ2n) is 6.97. The van der Waals surface area contributed by atoms with Gasteiger partial charge < -0.3 is 10.3 Å². The fraction of sp³-hybridized carbons (Fsp3) is 0.190. The highest BCUT2D eigenvalue weighted by molar-refractivity contribution is 5.98. The molecule has 134 valence electrons. The van der Waals surface area contributed by atoms with E-state index in [1.807, 2.05) is 53.6 Å². The summed E-state index contributed by atoms with van der Waals surface area (Å²) < 4.78 is 1.92. The molecular weight excluding hydrogens is 338 g/mol. The first-order valence-electron chi connectivity index (χ1n) is 9.12. The lowest BCUT2D eigenvalue weighted by atomic mass is 10.1. The molecule has 0 bridgehead atoms. The van der Waals surface area contributed by atoms with Crippen LogP contribution in [0.1, 0.15) is 18.4 Å². The molecule has 1 fully saturated rings. The van der Waals surface area contributed by atoms with E-state index in [-0.39, 0.29) is 11.8 Å². The van der Waals surface area contributed by atoms with Gasteiger partial charge in [0, 0.05) is 29.3 Å². The molecule has 1 aromatic carbocycles. The number of carbonyl (C=O) groups is 1. The van der Waals surface area contributed by atoms with Gasteiger partial charge in [-0.25, -0.2) is 4.98 Å². The van der Waals surface area contributed by atoms with Gasteiger partial charge in [0.1, 0.15) is 11.5 Å². The molecule has 6 nitrogen and oxygen atoms in total. The van der Waals surface area contributed by atoms with E-state index in [0.29, 0.717) is 12.4 Å². The lowest BCUT2D eigenvalue weighted by Gasteiger charge is -2.07. The first-order valence-corrected chi connectivity index (χ1v) is 9.12. The molecule has 1 aliphatic carbocycles. The lowest BCUT2D eigenvalue weighted by molar-refractivity contribution is -0.117. The van der Waals surface area contributed by atoms with Crippen LogP contribution in [0.3, 0.4) is 0 Å². The largest absolute Gasteiger partial charge is 0.346 e. The zero-order chi connectivity index (χ0) is 18.2. The number of amides is 1. The lowest BCUT2D eigenvalue weighted by Crippen LogP contribution is -2.14. The number of anilines is 1. The number of benzene rings is 1. The van der Waals surface area contributed by atoms with Crippen LogP contribution in [0.25, 0.3) is 22.2 Å². The monoisotopic (exact) mass is 357 g/mol. The van der Waals surface area contributed by atoms with Gasteiger partial charge in [-0.3, -0.25) is 9.48 Å². The second kappa shape index (κ2) is 6.39. The number of aromatic amines is 1. The Balaban J connectivity index is 1.48. The Morgan fingerprint density at radius 3 is 2.89 bits per heavy atom. The number of hydrogen-bond acceptors (Lipinski definition) is 3. The number of rotatable bonds is 5. The number of carbonyl (C=O) groups excluding carboxylic acids is 1. The van der Waals surface area contributed by atoms with Crippen molar-refractivity contribution in [3.05, 3.63) is 66.6 Å². The molecule has 2 N–H and O–H groups in total. The van der Waals surface area contributed by atoms with Gasteiger partial charge in [-0.1, -0.05) is 30.3 Å². The highest BCUT2D eigenvalue weighted by Crippen LogP contribution is 2.32. The van der Waals surface area contributed by atoms with Crippen molar-refractivity contribution < 1.29 is 4.79 Å². The number of aromatic nitrogens is 4. The molecule has 6 heteroatoms. The van der Waals surface area contributed by atoms with Gasteiger partial charge in [-0.2, -0.15) is 5.10 Å². The third-order valence-electron chi connectivity index (χ3n) is 4.86. The molecule has 27 heavy (non-hydrogen) atoms. The van der Waals surface area contributed by atoms with Crippen LogP contribution in [0.15, 0.2) is 61.1 Å². The van der Waals surface area contributed by atoms with E-state index in [9.17, 15) is 4.79 Å². The third-order valence-corrected chi connectivity index (χ3v) is 4.86. The minimum atomic E-state index is 0.0547. The number of H-pyrrole nitrogens is 1. The molecule has 3 heterocycles. The third kappa shape index (κ3) is 3.21. The summed E-state index contributed by atoms with van der Waals surface area (Å²) in [5, 5.41) is 8.46. The predicted octanol–water partition coefficient (Wildman–Crippen LogP) is 3.82. The van der Waals surface area contributed by atoms with E-state index in [2.05, 4.69) is 32.5 Å². The minimum absolute atomic E-state index is 0.0547. The topological polar surface area (TPSA) is 75.6 Å². The van der Waals surface area contributed by atoms with Crippen LogP contribution in [0.4, 0.5) is 5.82 Å². The van der Waals surface area contributed by atoms with Gasteiger partial charge in [0.15, 0.2) is 0 Å². The van der Waals surface area contributed by atoms with Gasteiger partial charge >= 0.3 is 0 Å². The zero-order valence-corrected chi connectivity index (χ0v) is 14.7. The smallest absolute Gasteiger partial charge is 0.228 e. The summed E-state index contributed by atoms with van der Waals surface area (Å²) in [6.45, 7) is 0.716. The van der Waals surface area contributed by atoms with Crippen molar-refractivity contribution in [1.29, 1.82) is 0 Å². The molecule has 1 aliphatic rings. The fourth-order valence-corrected chi connectivity index (χ4v) is 3.27. The summed E-state index contributed by atoms with van der Waals surface area (Å²) in [5.74, 6) is 0.773. The van der Waals surface area contributed by atoms with E-state index >= 15 is 0 Å². The number of hydrogen-bond donors (Lipinski definition) is 2. The van der Waals surface area contributed by atoms with Crippen LogP contribution >= 0.6 is 0 Å². The highest BCUT2D eigenvalue weighted by atomic mass is 16.2. The second-order valence-corrected chi connectivity index (χ2v) is 6.97. The van der Waals surface area contributed by atoms with Crippen LogP contribution in [-0.4, -0.2) is 25.7 Å². The van der Waals surface area contributed by atoms with Gasteiger partial charge in [0.25, 0.3) is 0 Å². The normalized spacial score (nSPS) is 13.8. The maximum atomic E-state index is 12.1. The van der Waals surface area contributed by atoms with E-state index < -0.39 is 0 Å². The van der Waals surface area contributed by atoms with Crippen molar-refractivity contribution in [2.24, 2.45) is 5.92 Å². The molecule has 4 aromatic rings. The summed E-state index contributed by atoms with van der Waals surface area (Å²) in [4.78, 5) is 19.8. The van der Waals surface area contributed by atoms with Crippen LogP contribution in [0.2, 0.25) is 0 Å². The Kier molecular flexibility index (Phi) is 3.74. The number of nitrogens with zero attached hydrogens (tertiary/aromatic N) is 3. The van der Waals surface area contributed by atoms with Crippen LogP contribution in [-0.2, 0) is 11.3 Å². The van der Waals surface area contributed by atoms with Crippen LogP contribution in [0, 0.1) is 5.92 Å². The van der Waals surface area contributed by atoms with Gasteiger partial charge in [-0.05, 0) is 36.1 Å². The number of pyridine rings is 1. The first-order chi connectivity index (χ1) is 13.3.